The van der Waals surface area contributed by atoms with Crippen LogP contribution in [0.25, 0.3) is 22.3 Å². The predicted octanol–water partition coefficient (Wildman–Crippen LogP) is 6.99. The van der Waals surface area contributed by atoms with Crippen LogP contribution in [0.2, 0.25) is 0 Å². The molecule has 2 atom stereocenters. The summed E-state index contributed by atoms with van der Waals surface area (Å²) in [6.07, 6.45) is 5.64. The van der Waals surface area contributed by atoms with Gasteiger partial charge >= 0.3 is 0 Å². The Bertz CT molecular complexity index is 1140. The lowest BCUT2D eigenvalue weighted by Crippen LogP contribution is -2.20. The van der Waals surface area contributed by atoms with E-state index in [0.717, 1.165) is 18.4 Å². The number of hydrogen-bond donors (Lipinski definition) is 0. The molecule has 1 saturated heterocycles. The monoisotopic (exact) mass is 448 g/mol. The molecule has 0 bridgehead atoms. The predicted molar refractivity (Wildman–Crippen MR) is 125 cm³/mol. The van der Waals surface area contributed by atoms with Crippen LogP contribution in [0, 0.1) is 23.4 Å². The topological polar surface area (TPSA) is 18.5 Å². The molecule has 6 heteroatoms. The summed E-state index contributed by atoms with van der Waals surface area (Å²) in [7, 11) is 5.23. The second kappa shape index (κ2) is 10.3. The van der Waals surface area contributed by atoms with E-state index in [2.05, 4.69) is 6.08 Å². The van der Waals surface area contributed by atoms with Gasteiger partial charge in [0.05, 0.1) is 12.7 Å². The zero-order valence-corrected chi connectivity index (χ0v) is 18.4. The van der Waals surface area contributed by atoms with Crippen LogP contribution in [0.5, 0.6) is 5.75 Å². The Hall–Kier alpha value is -2.99. The molecule has 1 aliphatic heterocycles. The number of allylic oxidation sites excluding steroid dienone is 1. The molecule has 2 nitrogen and oxygen atoms in total. The van der Waals surface area contributed by atoms with Crippen molar-refractivity contribution in [1.29, 1.82) is 0 Å². The Balaban J connectivity index is 1.52. The summed E-state index contributed by atoms with van der Waals surface area (Å²) < 4.78 is 54.3. The van der Waals surface area contributed by atoms with Gasteiger partial charge in [-0.25, -0.2) is 8.78 Å². The Morgan fingerprint density at radius 3 is 2.30 bits per heavy atom. The fourth-order valence-electron chi connectivity index (χ4n) is 4.21. The maximum Gasteiger partial charge on any atom is 0.201 e. The van der Waals surface area contributed by atoms with Crippen LogP contribution in [0.1, 0.15) is 31.4 Å². The molecule has 3 aromatic carbocycles. The van der Waals surface area contributed by atoms with E-state index in [0.29, 0.717) is 29.2 Å². The van der Waals surface area contributed by atoms with Gasteiger partial charge in [-0.3, -0.25) is 0 Å². The number of halogens is 3. The molecule has 0 amide bonds. The van der Waals surface area contributed by atoms with Crippen molar-refractivity contribution in [3.8, 4) is 28.0 Å². The van der Waals surface area contributed by atoms with E-state index in [9.17, 15) is 13.2 Å². The van der Waals surface area contributed by atoms with Crippen molar-refractivity contribution in [3.05, 3.63) is 89.8 Å². The number of benzene rings is 3. The van der Waals surface area contributed by atoms with Gasteiger partial charge in [0.1, 0.15) is 13.7 Å². The maximum absolute atomic E-state index is 14.9. The van der Waals surface area contributed by atoms with Crippen molar-refractivity contribution in [2.24, 2.45) is 5.92 Å². The van der Waals surface area contributed by atoms with Gasteiger partial charge in [-0.1, -0.05) is 48.6 Å². The van der Waals surface area contributed by atoms with Gasteiger partial charge in [0.2, 0.25) is 5.82 Å². The number of hydrogen-bond acceptors (Lipinski definition) is 2. The smallest absolute Gasteiger partial charge is 0.201 e. The quantitative estimate of drug-likeness (QED) is 0.299. The van der Waals surface area contributed by atoms with E-state index in [4.69, 9.17) is 17.3 Å². The van der Waals surface area contributed by atoms with E-state index in [1.165, 1.54) is 18.2 Å². The lowest BCUT2D eigenvalue weighted by molar-refractivity contribution is -0.00711. The molecule has 168 valence electrons. The van der Waals surface area contributed by atoms with Crippen molar-refractivity contribution in [2.45, 2.75) is 25.9 Å². The minimum absolute atomic E-state index is 0.107. The summed E-state index contributed by atoms with van der Waals surface area (Å²) in [5, 5.41) is 0. The first-order chi connectivity index (χ1) is 16.0. The third kappa shape index (κ3) is 5.01. The van der Waals surface area contributed by atoms with Crippen molar-refractivity contribution in [1.82, 2.24) is 0 Å². The average Bonchev–Trinajstić information content (AvgIpc) is 2.83. The molecule has 0 saturated carbocycles. The van der Waals surface area contributed by atoms with Gasteiger partial charge in [0.25, 0.3) is 0 Å². The minimum Gasteiger partial charge on any atom is -0.500 e. The van der Waals surface area contributed by atoms with Gasteiger partial charge in [-0.15, -0.1) is 0 Å². The highest BCUT2D eigenvalue weighted by molar-refractivity contribution is 6.08. The van der Waals surface area contributed by atoms with Gasteiger partial charge in [0.15, 0.2) is 11.6 Å². The van der Waals surface area contributed by atoms with Crippen LogP contribution < -0.4 is 4.74 Å². The summed E-state index contributed by atoms with van der Waals surface area (Å²) in [6, 6.07) is 14.8. The Morgan fingerprint density at radius 2 is 1.67 bits per heavy atom. The second-order valence-electron chi connectivity index (χ2n) is 8.05. The molecule has 33 heavy (non-hydrogen) atoms. The molecule has 2 radical (unpaired) electrons. The molecule has 4 rings (SSSR count). The van der Waals surface area contributed by atoms with Crippen LogP contribution >= 0.6 is 0 Å². The molecular weight excluding hydrogens is 424 g/mol. The van der Waals surface area contributed by atoms with Crippen molar-refractivity contribution in [2.75, 3.05) is 13.1 Å². The maximum atomic E-state index is 14.9. The second-order valence-corrected chi connectivity index (χ2v) is 8.05. The number of ether oxygens (including phenoxy) is 2. The molecule has 2 unspecified atom stereocenters. The van der Waals surface area contributed by atoms with Crippen LogP contribution in [0.15, 0.2) is 66.7 Å². The molecule has 1 fully saturated rings. The van der Waals surface area contributed by atoms with Gasteiger partial charge in [-0.05, 0) is 54.7 Å². The van der Waals surface area contributed by atoms with Crippen molar-refractivity contribution >= 4 is 7.85 Å². The van der Waals surface area contributed by atoms with E-state index in [-0.39, 0.29) is 29.7 Å². The number of rotatable bonds is 6. The third-order valence-electron chi connectivity index (χ3n) is 5.94. The molecule has 0 aliphatic carbocycles. The summed E-state index contributed by atoms with van der Waals surface area (Å²) in [5.74, 6) is -2.25. The summed E-state index contributed by atoms with van der Waals surface area (Å²) in [4.78, 5) is 0. The standard InChI is InChI=1S/C27H24BF3O2/c1-2-3-17-4-12-24(32-15-17)22-10-9-20(14-23(22)29)18-5-7-19(8-6-18)21-11-13-25(33-16-28)27(31)26(21)30/h2-3,5-11,13-14,17,24H,4,12,15-16H2,1H3/b3-2+. The highest BCUT2D eigenvalue weighted by Gasteiger charge is 2.24. The molecule has 1 aliphatic rings. The van der Waals surface area contributed by atoms with Crippen LogP contribution in [-0.2, 0) is 4.74 Å². The van der Waals surface area contributed by atoms with E-state index >= 15 is 0 Å². The normalized spacial score (nSPS) is 18.5. The molecular formula is C27H24BF3O2. The zero-order chi connectivity index (χ0) is 23.4. The first kappa shape index (κ1) is 23.2. The molecule has 0 spiro atoms. The minimum atomic E-state index is -1.08. The third-order valence-corrected chi connectivity index (χ3v) is 5.94. The van der Waals surface area contributed by atoms with Gasteiger partial charge < -0.3 is 9.47 Å². The van der Waals surface area contributed by atoms with Gasteiger partial charge in [0, 0.05) is 23.6 Å². The Kier molecular flexibility index (Phi) is 7.24. The van der Waals surface area contributed by atoms with Crippen LogP contribution in [0.4, 0.5) is 13.2 Å². The van der Waals surface area contributed by atoms with Gasteiger partial charge in [-0.2, -0.15) is 4.39 Å². The summed E-state index contributed by atoms with van der Waals surface area (Å²) in [6.45, 7) is 2.33. The lowest BCUT2D eigenvalue weighted by Gasteiger charge is -2.28. The molecule has 0 N–H and O–H groups in total. The highest BCUT2D eigenvalue weighted by Crippen LogP contribution is 2.35. The fourth-order valence-corrected chi connectivity index (χ4v) is 4.21. The van der Waals surface area contributed by atoms with Crippen LogP contribution in [-0.4, -0.2) is 21.0 Å². The molecule has 3 aromatic rings. The highest BCUT2D eigenvalue weighted by atomic mass is 19.2. The average molecular weight is 448 g/mol. The van der Waals surface area contributed by atoms with Crippen molar-refractivity contribution in [3.63, 3.8) is 0 Å². The lowest BCUT2D eigenvalue weighted by atomic mass is 9.93. The molecule has 0 aromatic heterocycles. The summed E-state index contributed by atoms with van der Waals surface area (Å²) in [5.41, 5.74) is 2.63. The van der Waals surface area contributed by atoms with Crippen molar-refractivity contribution < 1.29 is 22.6 Å². The fraction of sp³-hybridized carbons (Fsp3) is 0.259. The molecule has 1 heterocycles. The van der Waals surface area contributed by atoms with E-state index in [1.54, 1.807) is 30.3 Å². The Labute approximate surface area is 193 Å². The summed E-state index contributed by atoms with van der Waals surface area (Å²) >= 11 is 0. The van der Waals surface area contributed by atoms with E-state index in [1.807, 2.05) is 19.1 Å². The first-order valence-electron chi connectivity index (χ1n) is 11.0. The zero-order valence-electron chi connectivity index (χ0n) is 18.4. The SMILES string of the molecule is [B]COc1ccc(-c2ccc(-c3ccc(C4CCC(/C=C/C)CO4)c(F)c3)cc2)c(F)c1F. The first-order valence-corrected chi connectivity index (χ1v) is 11.0. The Morgan fingerprint density at radius 1 is 0.939 bits per heavy atom. The van der Waals surface area contributed by atoms with E-state index < -0.39 is 11.6 Å². The van der Waals surface area contributed by atoms with Crippen LogP contribution in [0.3, 0.4) is 0 Å². The largest absolute Gasteiger partial charge is 0.500 e.